The average Bonchev–Trinajstić information content (AvgIpc) is 3.15. The highest BCUT2D eigenvalue weighted by Gasteiger charge is 2.13. The molecule has 0 saturated carbocycles. The largest absolute Gasteiger partial charge is 0.369 e. The minimum Gasteiger partial charge on any atom is -0.369 e. The molecule has 0 bridgehead atoms. The van der Waals surface area contributed by atoms with E-state index in [-0.39, 0.29) is 0 Å². The van der Waals surface area contributed by atoms with Gasteiger partial charge in [0.25, 0.3) is 0 Å². The number of rotatable bonds is 12. The van der Waals surface area contributed by atoms with Crippen LogP contribution in [0.5, 0.6) is 0 Å². The van der Waals surface area contributed by atoms with E-state index in [0.29, 0.717) is 0 Å². The molecule has 31 heavy (non-hydrogen) atoms. The second-order valence-electron chi connectivity index (χ2n) is 7.95. The number of likely N-dealkylation sites (N-methyl/N-ethyl adjacent to an activating group) is 2. The number of hydrogen-bond donors (Lipinski definition) is 0. The molecule has 0 aliphatic rings. The van der Waals surface area contributed by atoms with Crippen molar-refractivity contribution in [2.24, 2.45) is 7.05 Å². The Kier molecular flexibility index (Phi) is 8.43. The van der Waals surface area contributed by atoms with Gasteiger partial charge >= 0.3 is 0 Å². The topological polar surface area (TPSA) is 40.4 Å². The maximum absolute atomic E-state index is 4.79. The molecule has 3 rings (SSSR count). The number of hydrogen-bond acceptors (Lipinski definition) is 5. The van der Waals surface area contributed by atoms with Crippen LogP contribution in [-0.2, 0) is 7.05 Å². The van der Waals surface area contributed by atoms with Crippen LogP contribution in [-0.4, -0.2) is 76.7 Å². The van der Waals surface area contributed by atoms with Gasteiger partial charge in [0.05, 0.1) is 11.7 Å². The van der Waals surface area contributed by atoms with E-state index in [0.717, 1.165) is 74.8 Å². The zero-order chi connectivity index (χ0) is 22.2. The maximum atomic E-state index is 4.79. The van der Waals surface area contributed by atoms with Gasteiger partial charge in [0.2, 0.25) is 0 Å². The molecule has 168 valence electrons. The third-order valence-corrected chi connectivity index (χ3v) is 6.33. The van der Waals surface area contributed by atoms with Crippen molar-refractivity contribution < 1.29 is 0 Å². The van der Waals surface area contributed by atoms with Crippen LogP contribution in [0.25, 0.3) is 22.4 Å². The lowest BCUT2D eigenvalue weighted by Gasteiger charge is -2.30. The van der Waals surface area contributed by atoms with E-state index in [1.54, 1.807) is 0 Å². The van der Waals surface area contributed by atoms with Crippen LogP contribution >= 0.6 is 0 Å². The Morgan fingerprint density at radius 1 is 0.774 bits per heavy atom. The molecule has 2 aromatic heterocycles. The molecule has 0 fully saturated rings. The van der Waals surface area contributed by atoms with Gasteiger partial charge in [-0.2, -0.15) is 0 Å². The van der Waals surface area contributed by atoms with Crippen LogP contribution in [0.1, 0.15) is 27.7 Å². The summed E-state index contributed by atoms with van der Waals surface area (Å²) in [6.45, 7) is 17.6. The van der Waals surface area contributed by atoms with Gasteiger partial charge in [-0.1, -0.05) is 27.7 Å². The molecule has 0 aliphatic heterocycles. The lowest BCUT2D eigenvalue weighted by Crippen LogP contribution is -2.39. The first kappa shape index (κ1) is 23.2. The average molecular weight is 423 g/mol. The number of imidazole rings is 1. The van der Waals surface area contributed by atoms with Crippen molar-refractivity contribution in [1.82, 2.24) is 24.3 Å². The van der Waals surface area contributed by atoms with E-state index in [1.807, 2.05) is 18.5 Å². The summed E-state index contributed by atoms with van der Waals surface area (Å²) in [6, 6.07) is 10.9. The van der Waals surface area contributed by atoms with Crippen LogP contribution in [0, 0.1) is 0 Å². The molecule has 0 saturated heterocycles. The van der Waals surface area contributed by atoms with Crippen LogP contribution in [0.3, 0.4) is 0 Å². The fraction of sp³-hybridized carbons (Fsp3) is 0.520. The van der Waals surface area contributed by atoms with Crippen molar-refractivity contribution in [1.29, 1.82) is 0 Å². The van der Waals surface area contributed by atoms with Gasteiger partial charge in [0, 0.05) is 50.7 Å². The highest BCUT2D eigenvalue weighted by molar-refractivity contribution is 5.79. The molecule has 0 N–H and O–H groups in total. The van der Waals surface area contributed by atoms with Gasteiger partial charge < -0.3 is 19.3 Å². The fourth-order valence-electron chi connectivity index (χ4n) is 4.11. The van der Waals surface area contributed by atoms with Crippen molar-refractivity contribution in [2.75, 3.05) is 57.3 Å². The van der Waals surface area contributed by atoms with Crippen molar-refractivity contribution in [3.05, 3.63) is 42.7 Å². The summed E-state index contributed by atoms with van der Waals surface area (Å²) in [6.07, 6.45) is 3.65. The SMILES string of the molecule is CCN(CC)CCN(CCN(CC)CC)c1ccc(-c2nc3cnccc3n2C)cc1. The van der Waals surface area contributed by atoms with E-state index in [2.05, 4.69) is 83.3 Å². The molecule has 6 nitrogen and oxygen atoms in total. The summed E-state index contributed by atoms with van der Waals surface area (Å²) in [4.78, 5) is 16.5. The van der Waals surface area contributed by atoms with Crippen molar-refractivity contribution in [3.63, 3.8) is 0 Å². The highest BCUT2D eigenvalue weighted by atomic mass is 15.2. The second-order valence-corrected chi connectivity index (χ2v) is 7.95. The Morgan fingerprint density at radius 3 is 1.87 bits per heavy atom. The molecule has 0 radical (unpaired) electrons. The van der Waals surface area contributed by atoms with Gasteiger partial charge in [-0.25, -0.2) is 4.98 Å². The number of nitrogens with zero attached hydrogens (tertiary/aromatic N) is 6. The molecular weight excluding hydrogens is 384 g/mol. The molecule has 1 aromatic carbocycles. The number of aryl methyl sites for hydroxylation is 1. The molecular formula is C25H38N6. The molecule has 3 aromatic rings. The summed E-state index contributed by atoms with van der Waals surface area (Å²) in [5.74, 6) is 0.979. The summed E-state index contributed by atoms with van der Waals surface area (Å²) in [5.41, 5.74) is 4.46. The Labute approximate surface area is 187 Å². The zero-order valence-electron chi connectivity index (χ0n) is 19.9. The first-order valence-electron chi connectivity index (χ1n) is 11.7. The van der Waals surface area contributed by atoms with E-state index < -0.39 is 0 Å². The van der Waals surface area contributed by atoms with E-state index in [4.69, 9.17) is 4.98 Å². The van der Waals surface area contributed by atoms with Gasteiger partial charge in [-0.3, -0.25) is 4.98 Å². The predicted molar refractivity (Wildman–Crippen MR) is 132 cm³/mol. The van der Waals surface area contributed by atoms with Crippen LogP contribution in [0.2, 0.25) is 0 Å². The van der Waals surface area contributed by atoms with E-state index >= 15 is 0 Å². The molecule has 0 spiro atoms. The Hall–Kier alpha value is -2.44. The quantitative estimate of drug-likeness (QED) is 0.439. The molecule has 0 aliphatic carbocycles. The number of fused-ring (bicyclic) bond motifs is 1. The second kappa shape index (κ2) is 11.3. The van der Waals surface area contributed by atoms with Gasteiger partial charge in [-0.05, 0) is 56.5 Å². The Balaban J connectivity index is 1.80. The number of aromatic nitrogens is 3. The number of pyridine rings is 1. The van der Waals surface area contributed by atoms with Crippen LogP contribution < -0.4 is 4.90 Å². The Morgan fingerprint density at radius 2 is 1.35 bits per heavy atom. The zero-order valence-corrected chi connectivity index (χ0v) is 19.9. The number of benzene rings is 1. The summed E-state index contributed by atoms with van der Waals surface area (Å²) in [5, 5.41) is 0. The van der Waals surface area contributed by atoms with E-state index in [1.165, 1.54) is 5.69 Å². The minimum atomic E-state index is 0.934. The Bertz CT molecular complexity index is 909. The highest BCUT2D eigenvalue weighted by Crippen LogP contribution is 2.25. The molecule has 0 unspecified atom stereocenters. The third kappa shape index (κ3) is 5.63. The van der Waals surface area contributed by atoms with Crippen LogP contribution in [0.15, 0.2) is 42.7 Å². The maximum Gasteiger partial charge on any atom is 0.140 e. The lowest BCUT2D eigenvalue weighted by atomic mass is 10.1. The first-order chi connectivity index (χ1) is 15.1. The summed E-state index contributed by atoms with van der Waals surface area (Å²) < 4.78 is 2.14. The summed E-state index contributed by atoms with van der Waals surface area (Å²) >= 11 is 0. The molecule has 0 amide bonds. The molecule has 2 heterocycles. The van der Waals surface area contributed by atoms with Crippen molar-refractivity contribution in [2.45, 2.75) is 27.7 Å². The normalized spacial score (nSPS) is 11.7. The predicted octanol–water partition coefficient (Wildman–Crippen LogP) is 4.13. The first-order valence-corrected chi connectivity index (χ1v) is 11.7. The van der Waals surface area contributed by atoms with Crippen molar-refractivity contribution in [3.8, 4) is 11.4 Å². The molecule has 0 atom stereocenters. The van der Waals surface area contributed by atoms with Gasteiger partial charge in [0.15, 0.2) is 0 Å². The van der Waals surface area contributed by atoms with Gasteiger partial charge in [-0.15, -0.1) is 0 Å². The monoisotopic (exact) mass is 422 g/mol. The minimum absolute atomic E-state index is 0.934. The third-order valence-electron chi connectivity index (χ3n) is 6.33. The van der Waals surface area contributed by atoms with E-state index in [9.17, 15) is 0 Å². The molecule has 6 heteroatoms. The lowest BCUT2D eigenvalue weighted by molar-refractivity contribution is 0.294. The summed E-state index contributed by atoms with van der Waals surface area (Å²) in [7, 11) is 2.07. The van der Waals surface area contributed by atoms with Crippen LogP contribution in [0.4, 0.5) is 5.69 Å². The smallest absolute Gasteiger partial charge is 0.140 e. The standard InChI is InChI=1S/C25H38N6/c1-6-29(7-2)16-18-31(19-17-30(8-3)9-4)22-12-10-21(11-13-22)25-27-23-20-26-15-14-24(23)28(25)5/h10-15,20H,6-9,16-19H2,1-5H3. The van der Waals surface area contributed by atoms with Crippen molar-refractivity contribution >= 4 is 16.7 Å². The van der Waals surface area contributed by atoms with Gasteiger partial charge in [0.1, 0.15) is 11.3 Å². The number of anilines is 1. The fourth-order valence-corrected chi connectivity index (χ4v) is 4.11.